The van der Waals surface area contributed by atoms with Crippen LogP contribution in [0, 0.1) is 11.5 Å². The highest BCUT2D eigenvalue weighted by atomic mass is 35.5. The summed E-state index contributed by atoms with van der Waals surface area (Å²) in [7, 11) is -5.35. The van der Waals surface area contributed by atoms with Crippen molar-refractivity contribution < 1.29 is 8.42 Å². The second-order valence-electron chi connectivity index (χ2n) is 5.72. The number of alkyl halides is 1. The Kier molecular flexibility index (Phi) is 6.32. The predicted octanol–water partition coefficient (Wildman–Crippen LogP) is 3.71. The molecule has 116 valence electrons. The lowest BCUT2D eigenvalue weighted by molar-refractivity contribution is 0.479. The maximum atomic E-state index is 12.4. The first-order valence-electron chi connectivity index (χ1n) is 6.48. The summed E-state index contributed by atoms with van der Waals surface area (Å²) < 4.78 is 25.5. The summed E-state index contributed by atoms with van der Waals surface area (Å²) in [5, 5.41) is -0.660. The minimum atomic E-state index is -3.78. The molecule has 1 rings (SSSR count). The van der Waals surface area contributed by atoms with Gasteiger partial charge in [-0.25, -0.2) is 8.42 Å². The molecule has 0 aromatic heterocycles. The molecule has 3 nitrogen and oxygen atoms in total. The fourth-order valence-corrected chi connectivity index (χ4v) is 4.01. The molecule has 0 saturated heterocycles. The third-order valence-corrected chi connectivity index (χ3v) is 6.48. The van der Waals surface area contributed by atoms with Crippen molar-refractivity contribution in [3.8, 4) is 11.5 Å². The van der Waals surface area contributed by atoms with Crippen LogP contribution in [0.15, 0.2) is 35.2 Å². The summed E-state index contributed by atoms with van der Waals surface area (Å²) in [6.45, 7) is 7.92. The van der Waals surface area contributed by atoms with Crippen LogP contribution in [0.2, 0.25) is 19.6 Å². The van der Waals surface area contributed by atoms with Gasteiger partial charge in [-0.15, -0.1) is 21.0 Å². The number of hydrogen-bond donors (Lipinski definition) is 0. The largest absolute Gasteiger partial charge is 0.256 e. The maximum Gasteiger partial charge on any atom is 0.256 e. The average Bonchev–Trinajstić information content (AvgIpc) is 2.43. The summed E-state index contributed by atoms with van der Waals surface area (Å²) in [6, 6.07) is 7.38. The van der Waals surface area contributed by atoms with Gasteiger partial charge >= 0.3 is 0 Å². The highest BCUT2D eigenvalue weighted by Gasteiger charge is 2.31. The summed E-state index contributed by atoms with van der Waals surface area (Å²) >= 11 is 12.2. The van der Waals surface area contributed by atoms with E-state index in [1.807, 2.05) is 0 Å². The third kappa shape index (κ3) is 5.31. The highest BCUT2D eigenvalue weighted by Crippen LogP contribution is 2.23. The summed E-state index contributed by atoms with van der Waals surface area (Å²) in [5.74, 6) is 2.91. The first-order valence-corrected chi connectivity index (χ1v) is 12.2. The lowest BCUT2D eigenvalue weighted by Gasteiger charge is -2.23. The minimum absolute atomic E-state index is 0.133. The van der Waals surface area contributed by atoms with E-state index in [2.05, 4.69) is 31.1 Å². The van der Waals surface area contributed by atoms with Gasteiger partial charge in [-0.2, -0.15) is 0 Å². The topological polar surface area (TPSA) is 37.4 Å². The predicted molar refractivity (Wildman–Crippen MR) is 91.5 cm³/mol. The second-order valence-corrected chi connectivity index (χ2v) is 13.3. The zero-order valence-corrected chi connectivity index (χ0v) is 15.8. The molecule has 0 heterocycles. The van der Waals surface area contributed by atoms with Gasteiger partial charge < -0.3 is 0 Å². The molecule has 0 saturated carbocycles. The number of halogens is 2. The molecule has 0 aliphatic rings. The SMILES string of the molecule is CC(C(Cl)C#C[Si](C)(C)C)N(Cl)S(=O)(=O)c1ccccc1. The maximum absolute atomic E-state index is 12.4. The molecule has 21 heavy (non-hydrogen) atoms. The number of hydrogen-bond acceptors (Lipinski definition) is 2. The lowest BCUT2D eigenvalue weighted by Crippen LogP contribution is -2.36. The zero-order valence-electron chi connectivity index (χ0n) is 12.5. The smallest absolute Gasteiger partial charge is 0.206 e. The Balaban J connectivity index is 2.97. The summed E-state index contributed by atoms with van der Waals surface area (Å²) in [6.07, 6.45) is 0. The Bertz CT molecular complexity index is 632. The molecule has 0 spiro atoms. The molecule has 2 unspecified atom stereocenters. The highest BCUT2D eigenvalue weighted by molar-refractivity contribution is 7.90. The molecule has 0 bridgehead atoms. The fraction of sp³-hybridized carbons (Fsp3) is 0.429. The van der Waals surface area contributed by atoms with Crippen molar-refractivity contribution in [3.63, 3.8) is 0 Å². The molecule has 0 amide bonds. The van der Waals surface area contributed by atoms with Gasteiger partial charge in [-0.3, -0.25) is 0 Å². The van der Waals surface area contributed by atoms with Crippen LogP contribution in [0.25, 0.3) is 0 Å². The molecular weight excluding hydrogens is 345 g/mol. The van der Waals surface area contributed by atoms with Crippen molar-refractivity contribution in [2.45, 2.75) is 42.9 Å². The Morgan fingerprint density at radius 2 is 1.71 bits per heavy atom. The van der Waals surface area contributed by atoms with Gasteiger partial charge in [-0.1, -0.05) is 43.8 Å². The van der Waals surface area contributed by atoms with E-state index in [-0.39, 0.29) is 4.90 Å². The van der Waals surface area contributed by atoms with E-state index in [1.165, 1.54) is 12.1 Å². The van der Waals surface area contributed by atoms with Crippen LogP contribution in [0.4, 0.5) is 0 Å². The molecule has 0 aliphatic heterocycles. The van der Waals surface area contributed by atoms with Crippen LogP contribution in [0.3, 0.4) is 0 Å². The first-order chi connectivity index (χ1) is 9.55. The molecule has 1 aromatic rings. The lowest BCUT2D eigenvalue weighted by atomic mass is 10.2. The third-order valence-electron chi connectivity index (χ3n) is 2.60. The van der Waals surface area contributed by atoms with Crippen molar-refractivity contribution in [2.24, 2.45) is 0 Å². The van der Waals surface area contributed by atoms with Crippen LogP contribution < -0.4 is 0 Å². The van der Waals surface area contributed by atoms with Crippen LogP contribution >= 0.6 is 23.4 Å². The number of nitrogens with zero attached hydrogens (tertiary/aromatic N) is 1. The first kappa shape index (κ1) is 18.5. The molecular formula is C14H19Cl2NO2SSi. The van der Waals surface area contributed by atoms with E-state index in [4.69, 9.17) is 23.4 Å². The summed E-state index contributed by atoms with van der Waals surface area (Å²) in [5.41, 5.74) is 3.13. The minimum Gasteiger partial charge on any atom is -0.206 e. The van der Waals surface area contributed by atoms with E-state index in [0.29, 0.717) is 0 Å². The summed E-state index contributed by atoms with van der Waals surface area (Å²) in [4.78, 5) is 0.133. The van der Waals surface area contributed by atoms with Gasteiger partial charge in [0.25, 0.3) is 10.0 Å². The quantitative estimate of drug-likeness (QED) is 0.354. The van der Waals surface area contributed by atoms with Gasteiger partial charge in [0.15, 0.2) is 0 Å². The molecule has 0 fully saturated rings. The van der Waals surface area contributed by atoms with Gasteiger partial charge in [0, 0.05) is 0 Å². The van der Waals surface area contributed by atoms with E-state index in [0.717, 1.165) is 3.82 Å². The normalized spacial score (nSPS) is 15.2. The Morgan fingerprint density at radius 3 is 2.19 bits per heavy atom. The Hall–Kier alpha value is -0.513. The number of benzene rings is 1. The van der Waals surface area contributed by atoms with Crippen LogP contribution in [-0.4, -0.2) is 31.7 Å². The van der Waals surface area contributed by atoms with Gasteiger partial charge in [0.1, 0.15) is 13.5 Å². The van der Waals surface area contributed by atoms with Gasteiger partial charge in [0.05, 0.1) is 10.9 Å². The average molecular weight is 364 g/mol. The standard InChI is InChI=1S/C14H19Cl2NO2SSi/c1-12(14(15)10-11-21(2,3)4)17(16)20(18,19)13-8-6-5-7-9-13/h5-9,12,14H,1-4H3. The Morgan fingerprint density at radius 1 is 1.19 bits per heavy atom. The van der Waals surface area contributed by atoms with E-state index < -0.39 is 29.5 Å². The van der Waals surface area contributed by atoms with E-state index in [9.17, 15) is 8.42 Å². The van der Waals surface area contributed by atoms with Crippen LogP contribution in [0.1, 0.15) is 6.92 Å². The van der Waals surface area contributed by atoms with Crippen molar-refractivity contribution in [1.29, 1.82) is 0 Å². The van der Waals surface area contributed by atoms with Crippen molar-refractivity contribution >= 4 is 41.5 Å². The molecule has 2 atom stereocenters. The number of rotatable bonds is 4. The fourth-order valence-electron chi connectivity index (χ4n) is 1.42. The van der Waals surface area contributed by atoms with Crippen LogP contribution in [-0.2, 0) is 10.0 Å². The number of sulfonamides is 1. The van der Waals surface area contributed by atoms with Gasteiger partial charge in [0.2, 0.25) is 0 Å². The Labute approximate surface area is 138 Å². The molecule has 0 N–H and O–H groups in total. The second kappa shape index (κ2) is 7.17. The molecule has 7 heteroatoms. The molecule has 0 aliphatic carbocycles. The van der Waals surface area contributed by atoms with Gasteiger partial charge in [-0.05, 0) is 30.8 Å². The van der Waals surface area contributed by atoms with Crippen LogP contribution in [0.5, 0.6) is 0 Å². The molecule has 0 radical (unpaired) electrons. The van der Waals surface area contributed by atoms with Crippen molar-refractivity contribution in [2.75, 3.05) is 0 Å². The van der Waals surface area contributed by atoms with E-state index in [1.54, 1.807) is 25.1 Å². The van der Waals surface area contributed by atoms with Crippen molar-refractivity contribution in [1.82, 2.24) is 3.82 Å². The zero-order chi connectivity index (χ0) is 16.3. The van der Waals surface area contributed by atoms with E-state index >= 15 is 0 Å². The van der Waals surface area contributed by atoms with Crippen molar-refractivity contribution in [3.05, 3.63) is 30.3 Å². The molecule has 1 aromatic carbocycles. The monoisotopic (exact) mass is 363 g/mol.